The maximum atomic E-state index is 15.1. The zero-order valence-electron chi connectivity index (χ0n) is 18.9. The van der Waals surface area contributed by atoms with Crippen LogP contribution in [0.2, 0.25) is 0 Å². The van der Waals surface area contributed by atoms with Crippen LogP contribution in [-0.2, 0) is 6.42 Å². The van der Waals surface area contributed by atoms with E-state index in [2.05, 4.69) is 20.2 Å². The first-order valence-electron chi connectivity index (χ1n) is 11.2. The Morgan fingerprint density at radius 1 is 1.09 bits per heavy atom. The minimum absolute atomic E-state index is 0.134. The van der Waals surface area contributed by atoms with Crippen LogP contribution in [0, 0.1) is 5.82 Å². The molecule has 172 valence electrons. The van der Waals surface area contributed by atoms with Gasteiger partial charge in [0.2, 0.25) is 5.88 Å². The Hall–Kier alpha value is -3.23. The standard InChI is InChI=1S/C25H27FN4O3/c1-16-11-17-3-4-21(24(26)18(17)12-16)33-25-19-13-22(31-2)23(14-20(19)28-15-29-25)32-10-9-30-7-5-27-6-8-30/h3-4,12-15,27H,5-11H2,1-2H3. The molecular weight excluding hydrogens is 423 g/mol. The Bertz CT molecular complexity index is 1210. The molecule has 0 unspecified atom stereocenters. The fourth-order valence-corrected chi connectivity index (χ4v) is 4.32. The van der Waals surface area contributed by atoms with E-state index < -0.39 is 0 Å². The number of nitrogens with zero attached hydrogens (tertiary/aromatic N) is 3. The summed E-state index contributed by atoms with van der Waals surface area (Å²) >= 11 is 0. The summed E-state index contributed by atoms with van der Waals surface area (Å²) in [5.41, 5.74) is 3.31. The van der Waals surface area contributed by atoms with E-state index in [-0.39, 0.29) is 17.4 Å². The smallest absolute Gasteiger partial charge is 0.230 e. The lowest BCUT2D eigenvalue weighted by molar-refractivity contribution is 0.188. The number of allylic oxidation sites excluding steroid dienone is 1. The average Bonchev–Trinajstić information content (AvgIpc) is 3.22. The first-order valence-corrected chi connectivity index (χ1v) is 11.2. The Labute approximate surface area is 192 Å². The SMILES string of the molecule is COc1cc2c(Oc3ccc4c(c3F)C=C(C)C4)ncnc2cc1OCCN1CCNCC1. The minimum atomic E-state index is -0.379. The molecular formula is C25H27FN4O3. The van der Waals surface area contributed by atoms with Crippen molar-refractivity contribution in [3.05, 3.63) is 53.1 Å². The van der Waals surface area contributed by atoms with E-state index in [0.29, 0.717) is 34.6 Å². The summed E-state index contributed by atoms with van der Waals surface area (Å²) in [5.74, 6) is 1.18. The third-order valence-electron chi connectivity index (χ3n) is 6.06. The monoisotopic (exact) mass is 450 g/mol. The third-order valence-corrected chi connectivity index (χ3v) is 6.06. The van der Waals surface area contributed by atoms with Gasteiger partial charge in [-0.3, -0.25) is 4.90 Å². The van der Waals surface area contributed by atoms with Crippen LogP contribution in [0.3, 0.4) is 0 Å². The second-order valence-corrected chi connectivity index (χ2v) is 8.36. The van der Waals surface area contributed by atoms with Crippen LogP contribution >= 0.6 is 0 Å². The topological polar surface area (TPSA) is 68.7 Å². The Morgan fingerprint density at radius 3 is 2.76 bits per heavy atom. The second kappa shape index (κ2) is 9.33. The van der Waals surface area contributed by atoms with Crippen molar-refractivity contribution in [2.24, 2.45) is 0 Å². The van der Waals surface area contributed by atoms with Gasteiger partial charge in [-0.05, 0) is 31.0 Å². The lowest BCUT2D eigenvalue weighted by Crippen LogP contribution is -2.44. The van der Waals surface area contributed by atoms with Crippen molar-refractivity contribution >= 4 is 17.0 Å². The summed E-state index contributed by atoms with van der Waals surface area (Å²) in [6.45, 7) is 7.41. The first kappa shape index (κ1) is 21.6. The molecule has 33 heavy (non-hydrogen) atoms. The number of benzene rings is 2. The normalized spacial score (nSPS) is 15.9. The molecule has 0 bridgehead atoms. The van der Waals surface area contributed by atoms with Crippen molar-refractivity contribution in [2.45, 2.75) is 13.3 Å². The number of piperazine rings is 1. The second-order valence-electron chi connectivity index (χ2n) is 8.36. The molecule has 0 atom stereocenters. The molecule has 0 amide bonds. The number of ether oxygens (including phenoxy) is 3. The number of halogens is 1. The highest BCUT2D eigenvalue weighted by Crippen LogP contribution is 2.38. The highest BCUT2D eigenvalue weighted by molar-refractivity contribution is 5.87. The largest absolute Gasteiger partial charge is 0.493 e. The van der Waals surface area contributed by atoms with Crippen LogP contribution in [0.1, 0.15) is 18.1 Å². The Morgan fingerprint density at radius 2 is 1.94 bits per heavy atom. The van der Waals surface area contributed by atoms with Crippen molar-refractivity contribution in [3.63, 3.8) is 0 Å². The van der Waals surface area contributed by atoms with Gasteiger partial charge in [0.15, 0.2) is 23.1 Å². The lowest BCUT2D eigenvalue weighted by Gasteiger charge is -2.27. The minimum Gasteiger partial charge on any atom is -0.493 e. The van der Waals surface area contributed by atoms with E-state index >= 15 is 4.39 Å². The van der Waals surface area contributed by atoms with Gasteiger partial charge < -0.3 is 19.5 Å². The predicted molar refractivity (Wildman–Crippen MR) is 125 cm³/mol. The molecule has 1 N–H and O–H groups in total. The van der Waals surface area contributed by atoms with E-state index in [9.17, 15) is 0 Å². The Kier molecular flexibility index (Phi) is 6.11. The molecule has 7 nitrogen and oxygen atoms in total. The van der Waals surface area contributed by atoms with E-state index in [1.807, 2.05) is 25.1 Å². The molecule has 3 aromatic rings. The molecule has 0 saturated carbocycles. The molecule has 1 aromatic heterocycles. The Balaban J connectivity index is 1.39. The number of hydrogen-bond donors (Lipinski definition) is 1. The van der Waals surface area contributed by atoms with Crippen molar-refractivity contribution < 1.29 is 18.6 Å². The van der Waals surface area contributed by atoms with Gasteiger partial charge in [-0.2, -0.15) is 0 Å². The fourth-order valence-electron chi connectivity index (χ4n) is 4.32. The number of fused-ring (bicyclic) bond motifs is 2. The zero-order valence-corrected chi connectivity index (χ0v) is 18.9. The van der Waals surface area contributed by atoms with Gasteiger partial charge in [-0.15, -0.1) is 0 Å². The summed E-state index contributed by atoms with van der Waals surface area (Å²) in [5, 5.41) is 3.97. The van der Waals surface area contributed by atoms with Gasteiger partial charge in [0.1, 0.15) is 12.9 Å². The highest BCUT2D eigenvalue weighted by Gasteiger charge is 2.20. The van der Waals surface area contributed by atoms with Gasteiger partial charge in [0, 0.05) is 44.4 Å². The maximum absolute atomic E-state index is 15.1. The average molecular weight is 451 g/mol. The molecule has 1 saturated heterocycles. The molecule has 0 radical (unpaired) electrons. The van der Waals surface area contributed by atoms with Crippen LogP contribution in [-0.4, -0.2) is 61.3 Å². The van der Waals surface area contributed by atoms with Gasteiger partial charge in [0.25, 0.3) is 0 Å². The molecule has 1 aliphatic carbocycles. The van der Waals surface area contributed by atoms with Crippen molar-refractivity contribution in [1.29, 1.82) is 0 Å². The summed E-state index contributed by atoms with van der Waals surface area (Å²) in [4.78, 5) is 11.0. The quantitative estimate of drug-likeness (QED) is 0.587. The van der Waals surface area contributed by atoms with Gasteiger partial charge in [0.05, 0.1) is 18.0 Å². The van der Waals surface area contributed by atoms with Crippen LogP contribution in [0.5, 0.6) is 23.1 Å². The van der Waals surface area contributed by atoms with Crippen LogP contribution < -0.4 is 19.5 Å². The third kappa shape index (κ3) is 4.49. The van der Waals surface area contributed by atoms with Crippen molar-refractivity contribution in [3.8, 4) is 23.1 Å². The summed E-state index contributed by atoms with van der Waals surface area (Å²) < 4.78 is 32.6. The first-order chi connectivity index (χ1) is 16.1. The number of methoxy groups -OCH3 is 1. The van der Waals surface area contributed by atoms with Gasteiger partial charge in [-0.25, -0.2) is 14.4 Å². The van der Waals surface area contributed by atoms with Gasteiger partial charge >= 0.3 is 0 Å². The van der Waals surface area contributed by atoms with Crippen LogP contribution in [0.4, 0.5) is 4.39 Å². The van der Waals surface area contributed by atoms with E-state index in [1.54, 1.807) is 19.2 Å². The summed E-state index contributed by atoms with van der Waals surface area (Å²) in [7, 11) is 1.59. The number of rotatable bonds is 7. The lowest BCUT2D eigenvalue weighted by atomic mass is 10.1. The molecule has 2 aliphatic rings. The summed E-state index contributed by atoms with van der Waals surface area (Å²) in [6, 6.07) is 7.14. The zero-order chi connectivity index (χ0) is 22.8. The summed E-state index contributed by atoms with van der Waals surface area (Å²) in [6.07, 6.45) is 4.03. The molecule has 2 heterocycles. The molecule has 2 aromatic carbocycles. The molecule has 1 fully saturated rings. The molecule has 8 heteroatoms. The predicted octanol–water partition coefficient (Wildman–Crippen LogP) is 3.81. The number of aromatic nitrogens is 2. The van der Waals surface area contributed by atoms with E-state index in [1.165, 1.54) is 6.33 Å². The van der Waals surface area contributed by atoms with Crippen molar-refractivity contribution in [2.75, 3.05) is 46.4 Å². The molecule has 5 rings (SSSR count). The number of hydrogen-bond acceptors (Lipinski definition) is 7. The maximum Gasteiger partial charge on any atom is 0.230 e. The van der Waals surface area contributed by atoms with Gasteiger partial charge in [-0.1, -0.05) is 17.7 Å². The van der Waals surface area contributed by atoms with E-state index in [0.717, 1.165) is 50.3 Å². The fraction of sp³-hybridized carbons (Fsp3) is 0.360. The van der Waals surface area contributed by atoms with Crippen LogP contribution in [0.25, 0.3) is 17.0 Å². The molecule has 0 spiro atoms. The van der Waals surface area contributed by atoms with Crippen molar-refractivity contribution in [1.82, 2.24) is 20.2 Å². The highest BCUT2D eigenvalue weighted by atomic mass is 19.1. The van der Waals surface area contributed by atoms with E-state index in [4.69, 9.17) is 14.2 Å². The number of nitrogens with one attached hydrogen (secondary N) is 1. The van der Waals surface area contributed by atoms with Crippen LogP contribution in [0.15, 0.2) is 36.2 Å². The molecule has 1 aliphatic heterocycles.